The van der Waals surface area contributed by atoms with E-state index in [0.29, 0.717) is 16.9 Å². The molecular weight excluding hydrogens is 486 g/mol. The molecule has 0 spiro atoms. The van der Waals surface area contributed by atoms with Gasteiger partial charge in [-0.25, -0.2) is 0 Å². The molecule has 2 amide bonds. The summed E-state index contributed by atoms with van der Waals surface area (Å²) in [6.45, 7) is 3.97. The van der Waals surface area contributed by atoms with Crippen molar-refractivity contribution in [2.45, 2.75) is 13.8 Å². The monoisotopic (exact) mass is 515 g/mol. The van der Waals surface area contributed by atoms with Crippen molar-refractivity contribution in [1.29, 1.82) is 0 Å². The van der Waals surface area contributed by atoms with Gasteiger partial charge in [0.2, 0.25) is 0 Å². The van der Waals surface area contributed by atoms with Crippen LogP contribution in [0.4, 0.5) is 17.2 Å². The highest BCUT2D eigenvalue weighted by atomic mass is 16.2. The quantitative estimate of drug-likeness (QED) is 0.266. The van der Waals surface area contributed by atoms with Crippen LogP contribution >= 0.6 is 0 Å². The van der Waals surface area contributed by atoms with Crippen LogP contribution in [0.25, 0.3) is 22.0 Å². The van der Waals surface area contributed by atoms with Crippen molar-refractivity contribution in [3.8, 4) is 11.3 Å². The summed E-state index contributed by atoms with van der Waals surface area (Å²) >= 11 is 0. The lowest BCUT2D eigenvalue weighted by Crippen LogP contribution is -2.21. The minimum atomic E-state index is -0.164. The summed E-state index contributed by atoms with van der Waals surface area (Å²) in [5.74, 6) is 0.398. The molecule has 1 aromatic heterocycles. The van der Waals surface area contributed by atoms with Crippen LogP contribution in [0.1, 0.15) is 31.8 Å². The number of hydrogen-bond acceptors (Lipinski definition) is 5. The largest absolute Gasteiger partial charge is 0.345 e. The Balaban J connectivity index is 1.37. The van der Waals surface area contributed by atoms with Crippen LogP contribution < -0.4 is 10.6 Å². The number of aromatic nitrogens is 2. The van der Waals surface area contributed by atoms with Crippen LogP contribution in [0.15, 0.2) is 91.0 Å². The fraction of sp³-hybridized carbons (Fsp3) is 0.125. The standard InChI is InChI=1S/C32H29N5O2/c1-20-9-10-21(2)28(19-20)34-31(38)23-15-17-25(18-16-23)33-30-27-8-6-5-7-26(27)29(35-36-30)22-11-13-24(14-12-22)32(39)37(3)4/h5-19H,1-4H3,(H,33,36)(H,34,38). The van der Waals surface area contributed by atoms with Gasteiger partial charge in [-0.1, -0.05) is 48.5 Å². The molecule has 5 rings (SSSR count). The molecule has 0 unspecified atom stereocenters. The minimum Gasteiger partial charge on any atom is -0.345 e. The second kappa shape index (κ2) is 10.8. The van der Waals surface area contributed by atoms with Gasteiger partial charge in [-0.15, -0.1) is 10.2 Å². The summed E-state index contributed by atoms with van der Waals surface area (Å²) in [6, 6.07) is 28.6. The third kappa shape index (κ3) is 5.48. The second-order valence-corrected chi connectivity index (χ2v) is 9.69. The predicted molar refractivity (Wildman–Crippen MR) is 157 cm³/mol. The number of nitrogens with zero attached hydrogens (tertiary/aromatic N) is 3. The Bertz CT molecular complexity index is 1680. The van der Waals surface area contributed by atoms with Crippen LogP contribution in [0, 0.1) is 13.8 Å². The normalized spacial score (nSPS) is 10.8. The van der Waals surface area contributed by atoms with E-state index in [1.807, 2.05) is 80.6 Å². The molecule has 5 aromatic rings. The van der Waals surface area contributed by atoms with E-state index < -0.39 is 0 Å². The van der Waals surface area contributed by atoms with Crippen molar-refractivity contribution in [2.24, 2.45) is 0 Å². The number of nitrogens with one attached hydrogen (secondary N) is 2. The molecule has 0 saturated carbocycles. The zero-order chi connectivity index (χ0) is 27.5. The maximum Gasteiger partial charge on any atom is 0.255 e. The summed E-state index contributed by atoms with van der Waals surface area (Å²) in [7, 11) is 3.46. The number of carbonyl (C=O) groups is 2. The summed E-state index contributed by atoms with van der Waals surface area (Å²) in [5, 5.41) is 17.2. The van der Waals surface area contributed by atoms with E-state index in [-0.39, 0.29) is 11.8 Å². The van der Waals surface area contributed by atoms with Gasteiger partial charge in [-0.05, 0) is 67.4 Å². The molecular formula is C32H29N5O2. The number of hydrogen-bond donors (Lipinski definition) is 2. The molecule has 0 bridgehead atoms. The zero-order valence-electron chi connectivity index (χ0n) is 22.3. The van der Waals surface area contributed by atoms with Crippen LogP contribution in [-0.4, -0.2) is 41.0 Å². The Labute approximate surface area is 227 Å². The summed E-state index contributed by atoms with van der Waals surface area (Å²) in [6.07, 6.45) is 0. The average molecular weight is 516 g/mol. The van der Waals surface area contributed by atoms with Gasteiger partial charge >= 0.3 is 0 Å². The third-order valence-corrected chi connectivity index (χ3v) is 6.55. The van der Waals surface area contributed by atoms with Gasteiger partial charge < -0.3 is 15.5 Å². The summed E-state index contributed by atoms with van der Waals surface area (Å²) in [5.41, 5.74) is 6.48. The van der Waals surface area contributed by atoms with E-state index in [0.717, 1.165) is 44.5 Å². The first-order chi connectivity index (χ1) is 18.8. The molecule has 7 nitrogen and oxygen atoms in total. The molecule has 7 heteroatoms. The number of rotatable bonds is 6. The molecule has 0 saturated heterocycles. The van der Waals surface area contributed by atoms with Crippen molar-refractivity contribution in [3.63, 3.8) is 0 Å². The molecule has 0 aliphatic heterocycles. The van der Waals surface area contributed by atoms with Crippen LogP contribution in [0.5, 0.6) is 0 Å². The molecule has 0 aliphatic rings. The summed E-state index contributed by atoms with van der Waals surface area (Å²) < 4.78 is 0. The number of carbonyl (C=O) groups excluding carboxylic acids is 2. The van der Waals surface area contributed by atoms with Gasteiger partial charge in [0, 0.05) is 52.9 Å². The molecule has 4 aromatic carbocycles. The Morgan fingerprint density at radius 1 is 0.744 bits per heavy atom. The summed E-state index contributed by atoms with van der Waals surface area (Å²) in [4.78, 5) is 26.6. The van der Waals surface area contributed by atoms with Gasteiger partial charge in [-0.2, -0.15) is 0 Å². The first-order valence-electron chi connectivity index (χ1n) is 12.6. The fourth-order valence-corrected chi connectivity index (χ4v) is 4.34. The first-order valence-corrected chi connectivity index (χ1v) is 12.6. The molecule has 1 heterocycles. The topological polar surface area (TPSA) is 87.2 Å². The second-order valence-electron chi connectivity index (χ2n) is 9.69. The van der Waals surface area contributed by atoms with Crippen LogP contribution in [-0.2, 0) is 0 Å². The molecule has 194 valence electrons. The van der Waals surface area contributed by atoms with Gasteiger partial charge in [-0.3, -0.25) is 9.59 Å². The Hall–Kier alpha value is -5.04. The van der Waals surface area contributed by atoms with E-state index in [9.17, 15) is 9.59 Å². The molecule has 0 aliphatic carbocycles. The Kier molecular flexibility index (Phi) is 7.06. The van der Waals surface area contributed by atoms with E-state index >= 15 is 0 Å². The lowest BCUT2D eigenvalue weighted by Gasteiger charge is -2.13. The van der Waals surface area contributed by atoms with E-state index in [2.05, 4.69) is 20.8 Å². The van der Waals surface area contributed by atoms with Crippen molar-refractivity contribution < 1.29 is 9.59 Å². The molecule has 0 radical (unpaired) electrons. The highest BCUT2D eigenvalue weighted by molar-refractivity contribution is 6.05. The number of fused-ring (bicyclic) bond motifs is 1. The zero-order valence-corrected chi connectivity index (χ0v) is 22.3. The maximum atomic E-state index is 12.8. The Morgan fingerprint density at radius 2 is 1.41 bits per heavy atom. The molecule has 2 N–H and O–H groups in total. The first kappa shape index (κ1) is 25.6. The molecule has 0 fully saturated rings. The molecule has 0 atom stereocenters. The minimum absolute atomic E-state index is 0.0502. The van der Waals surface area contributed by atoms with Crippen molar-refractivity contribution in [3.05, 3.63) is 113 Å². The van der Waals surface area contributed by atoms with Gasteiger partial charge in [0.05, 0.1) is 0 Å². The highest BCUT2D eigenvalue weighted by Gasteiger charge is 2.14. The average Bonchev–Trinajstić information content (AvgIpc) is 2.95. The molecule has 39 heavy (non-hydrogen) atoms. The van der Waals surface area contributed by atoms with Crippen LogP contribution in [0.3, 0.4) is 0 Å². The lowest BCUT2D eigenvalue weighted by molar-refractivity contribution is 0.0827. The van der Waals surface area contributed by atoms with E-state index in [1.54, 1.807) is 43.3 Å². The van der Waals surface area contributed by atoms with Gasteiger partial charge in [0.25, 0.3) is 11.8 Å². The number of aryl methyl sites for hydroxylation is 2. The van der Waals surface area contributed by atoms with Crippen molar-refractivity contribution >= 4 is 39.8 Å². The third-order valence-electron chi connectivity index (χ3n) is 6.55. The SMILES string of the molecule is Cc1ccc(C)c(NC(=O)c2ccc(Nc3nnc(-c4ccc(C(=O)N(C)C)cc4)c4ccccc34)cc2)c1. The number of benzene rings is 4. The highest BCUT2D eigenvalue weighted by Crippen LogP contribution is 2.31. The Morgan fingerprint density at radius 3 is 2.10 bits per heavy atom. The van der Waals surface area contributed by atoms with Crippen molar-refractivity contribution in [2.75, 3.05) is 24.7 Å². The van der Waals surface area contributed by atoms with Gasteiger partial charge in [0.1, 0.15) is 5.69 Å². The predicted octanol–water partition coefficient (Wildman–Crippen LogP) is 6.61. The van der Waals surface area contributed by atoms with E-state index in [1.165, 1.54) is 0 Å². The fourth-order valence-electron chi connectivity index (χ4n) is 4.34. The van der Waals surface area contributed by atoms with Crippen molar-refractivity contribution in [1.82, 2.24) is 15.1 Å². The van der Waals surface area contributed by atoms with Gasteiger partial charge in [0.15, 0.2) is 5.82 Å². The number of amides is 2. The van der Waals surface area contributed by atoms with E-state index in [4.69, 9.17) is 0 Å². The number of anilines is 3. The lowest BCUT2D eigenvalue weighted by atomic mass is 10.0. The smallest absolute Gasteiger partial charge is 0.255 e. The maximum absolute atomic E-state index is 12.8. The van der Waals surface area contributed by atoms with Crippen LogP contribution in [0.2, 0.25) is 0 Å².